The fourth-order valence-corrected chi connectivity index (χ4v) is 3.50. The minimum atomic E-state index is -1.18. The molecular weight excluding hydrogens is 342 g/mol. The molecule has 0 radical (unpaired) electrons. The van der Waals surface area contributed by atoms with Crippen LogP contribution >= 0.6 is 11.6 Å². The summed E-state index contributed by atoms with van der Waals surface area (Å²) in [5.41, 5.74) is -0.541. The van der Waals surface area contributed by atoms with E-state index in [0.717, 1.165) is 30.6 Å². The summed E-state index contributed by atoms with van der Waals surface area (Å²) in [6.45, 7) is 2.81. The molecule has 1 N–H and O–H groups in total. The molecule has 25 heavy (non-hydrogen) atoms. The van der Waals surface area contributed by atoms with Gasteiger partial charge in [-0.25, -0.2) is 4.79 Å². The van der Waals surface area contributed by atoms with Crippen LogP contribution in [-0.4, -0.2) is 47.3 Å². The van der Waals surface area contributed by atoms with Crippen LogP contribution in [0, 0.1) is 0 Å². The van der Waals surface area contributed by atoms with Gasteiger partial charge in [-0.05, 0) is 37.5 Å². The van der Waals surface area contributed by atoms with Gasteiger partial charge in [0, 0.05) is 18.1 Å². The molecule has 2 aliphatic rings. The van der Waals surface area contributed by atoms with Gasteiger partial charge in [-0.2, -0.15) is 0 Å². The predicted molar refractivity (Wildman–Crippen MR) is 94.1 cm³/mol. The van der Waals surface area contributed by atoms with Crippen molar-refractivity contribution >= 4 is 29.4 Å². The van der Waals surface area contributed by atoms with Crippen molar-refractivity contribution < 1.29 is 14.4 Å². The Morgan fingerprint density at radius 2 is 1.72 bits per heavy atom. The molecule has 1 aromatic carbocycles. The van der Waals surface area contributed by atoms with Gasteiger partial charge in [-0.1, -0.05) is 36.6 Å². The van der Waals surface area contributed by atoms with Crippen molar-refractivity contribution in [3.63, 3.8) is 0 Å². The molecule has 3 rings (SSSR count). The number of imide groups is 1. The first-order valence-corrected chi connectivity index (χ1v) is 8.97. The Hall–Kier alpha value is -2.08. The number of carbonyl (C=O) groups excluding carboxylic acids is 3. The van der Waals surface area contributed by atoms with E-state index < -0.39 is 17.5 Å². The number of nitrogens with one attached hydrogen (secondary N) is 1. The third-order valence-corrected chi connectivity index (χ3v) is 5.20. The third-order valence-electron chi connectivity index (χ3n) is 4.95. The number of carbonyl (C=O) groups is 3. The van der Waals surface area contributed by atoms with Crippen molar-refractivity contribution in [1.82, 2.24) is 15.1 Å². The number of amides is 4. The smallest absolute Gasteiger partial charge is 0.325 e. The van der Waals surface area contributed by atoms with Crippen LogP contribution in [-0.2, 0) is 15.1 Å². The molecule has 0 aliphatic carbocycles. The van der Waals surface area contributed by atoms with Gasteiger partial charge in [-0.15, -0.1) is 0 Å². The molecule has 2 fully saturated rings. The van der Waals surface area contributed by atoms with E-state index >= 15 is 0 Å². The topological polar surface area (TPSA) is 69.7 Å². The highest BCUT2D eigenvalue weighted by Crippen LogP contribution is 2.29. The van der Waals surface area contributed by atoms with Gasteiger partial charge in [0.2, 0.25) is 5.91 Å². The number of hydrogen-bond acceptors (Lipinski definition) is 3. The zero-order valence-corrected chi connectivity index (χ0v) is 15.0. The molecule has 0 bridgehead atoms. The highest BCUT2D eigenvalue weighted by Gasteiger charge is 2.49. The van der Waals surface area contributed by atoms with Crippen molar-refractivity contribution in [2.24, 2.45) is 0 Å². The highest BCUT2D eigenvalue weighted by molar-refractivity contribution is 6.30. The van der Waals surface area contributed by atoms with Gasteiger partial charge < -0.3 is 10.2 Å². The zero-order chi connectivity index (χ0) is 18.0. The maximum Gasteiger partial charge on any atom is 0.325 e. The first-order valence-electron chi connectivity index (χ1n) is 8.60. The second-order valence-corrected chi connectivity index (χ2v) is 7.18. The van der Waals surface area contributed by atoms with E-state index in [-0.39, 0.29) is 12.5 Å². The molecule has 4 amide bonds. The standard InChI is InChI=1S/C18H22ClN3O3/c1-18(13-6-8-14(19)9-7-13)16(24)22(17(25)20-18)12-15(23)21-10-4-2-3-5-11-21/h6-9H,2-5,10-12H2,1H3,(H,20,25)/t18-/m0/s1. The molecule has 134 valence electrons. The van der Waals surface area contributed by atoms with Gasteiger partial charge in [0.15, 0.2) is 0 Å². The maximum atomic E-state index is 12.8. The molecule has 0 spiro atoms. The molecule has 0 unspecified atom stereocenters. The molecule has 6 nitrogen and oxygen atoms in total. The highest BCUT2D eigenvalue weighted by atomic mass is 35.5. The quantitative estimate of drug-likeness (QED) is 0.839. The van der Waals surface area contributed by atoms with Gasteiger partial charge in [0.25, 0.3) is 5.91 Å². The van der Waals surface area contributed by atoms with E-state index in [1.807, 2.05) is 0 Å². The van der Waals surface area contributed by atoms with E-state index in [1.165, 1.54) is 0 Å². The van der Waals surface area contributed by atoms with Gasteiger partial charge in [0.1, 0.15) is 12.1 Å². The Kier molecular flexibility index (Phi) is 4.99. The minimum absolute atomic E-state index is 0.175. The second-order valence-electron chi connectivity index (χ2n) is 6.75. The van der Waals surface area contributed by atoms with Crippen LogP contribution in [0.25, 0.3) is 0 Å². The lowest BCUT2D eigenvalue weighted by molar-refractivity contribution is -0.138. The Bertz CT molecular complexity index is 683. The largest absolute Gasteiger partial charge is 0.341 e. The van der Waals surface area contributed by atoms with E-state index in [9.17, 15) is 14.4 Å². The number of nitrogens with zero attached hydrogens (tertiary/aromatic N) is 2. The van der Waals surface area contributed by atoms with Gasteiger partial charge in [-0.3, -0.25) is 14.5 Å². The minimum Gasteiger partial charge on any atom is -0.341 e. The van der Waals surface area contributed by atoms with Crippen molar-refractivity contribution in [3.05, 3.63) is 34.9 Å². The summed E-state index contributed by atoms with van der Waals surface area (Å²) in [7, 11) is 0. The molecule has 1 aromatic rings. The molecule has 0 aromatic heterocycles. The van der Waals surface area contributed by atoms with Crippen molar-refractivity contribution in [2.75, 3.05) is 19.6 Å². The Morgan fingerprint density at radius 1 is 1.12 bits per heavy atom. The normalized spacial score (nSPS) is 24.2. The summed E-state index contributed by atoms with van der Waals surface area (Å²) < 4.78 is 0. The third kappa shape index (κ3) is 3.49. The van der Waals surface area contributed by atoms with Crippen LogP contribution in [0.4, 0.5) is 4.79 Å². The monoisotopic (exact) mass is 363 g/mol. The fraction of sp³-hybridized carbons (Fsp3) is 0.500. The van der Waals surface area contributed by atoms with E-state index in [4.69, 9.17) is 11.6 Å². The van der Waals surface area contributed by atoms with Crippen LogP contribution in [0.15, 0.2) is 24.3 Å². The number of likely N-dealkylation sites (tertiary alicyclic amines) is 1. The number of halogens is 1. The first-order chi connectivity index (χ1) is 11.9. The predicted octanol–water partition coefficient (Wildman–Crippen LogP) is 2.51. The summed E-state index contributed by atoms with van der Waals surface area (Å²) in [5.74, 6) is -0.589. The Morgan fingerprint density at radius 3 is 2.32 bits per heavy atom. The van der Waals surface area contributed by atoms with Crippen LogP contribution < -0.4 is 5.32 Å². The molecule has 2 heterocycles. The van der Waals surface area contributed by atoms with Gasteiger partial charge in [0.05, 0.1) is 0 Å². The number of urea groups is 1. The summed E-state index contributed by atoms with van der Waals surface area (Å²) in [5, 5.41) is 3.26. The summed E-state index contributed by atoms with van der Waals surface area (Å²) in [4.78, 5) is 40.5. The zero-order valence-electron chi connectivity index (χ0n) is 14.3. The summed E-state index contributed by atoms with van der Waals surface area (Å²) in [6.07, 6.45) is 4.16. The Labute approximate surface area is 152 Å². The van der Waals surface area contributed by atoms with E-state index in [1.54, 1.807) is 36.1 Å². The van der Waals surface area contributed by atoms with E-state index in [0.29, 0.717) is 23.7 Å². The number of hydrogen-bond donors (Lipinski definition) is 1. The fourth-order valence-electron chi connectivity index (χ4n) is 3.37. The van der Waals surface area contributed by atoms with Crippen molar-refractivity contribution in [3.8, 4) is 0 Å². The van der Waals surface area contributed by atoms with Gasteiger partial charge >= 0.3 is 6.03 Å². The average molecular weight is 364 g/mol. The molecule has 2 aliphatic heterocycles. The SMILES string of the molecule is C[C@@]1(c2ccc(Cl)cc2)NC(=O)N(CC(=O)N2CCCCCC2)C1=O. The second kappa shape index (κ2) is 7.04. The summed E-state index contributed by atoms with van der Waals surface area (Å²) in [6, 6.07) is 6.23. The maximum absolute atomic E-state index is 12.8. The molecular formula is C18H22ClN3O3. The van der Waals surface area contributed by atoms with Crippen LogP contribution in [0.5, 0.6) is 0 Å². The lowest BCUT2D eigenvalue weighted by atomic mass is 9.92. The van der Waals surface area contributed by atoms with Crippen molar-refractivity contribution in [1.29, 1.82) is 0 Å². The van der Waals surface area contributed by atoms with Crippen LogP contribution in [0.2, 0.25) is 5.02 Å². The molecule has 1 atom stereocenters. The van der Waals surface area contributed by atoms with Crippen molar-refractivity contribution in [2.45, 2.75) is 38.1 Å². The Balaban J connectivity index is 1.74. The number of rotatable bonds is 3. The van der Waals surface area contributed by atoms with Crippen LogP contribution in [0.1, 0.15) is 38.2 Å². The molecule has 7 heteroatoms. The summed E-state index contributed by atoms with van der Waals surface area (Å²) >= 11 is 5.89. The number of benzene rings is 1. The van der Waals surface area contributed by atoms with Crippen LogP contribution in [0.3, 0.4) is 0 Å². The molecule has 2 saturated heterocycles. The first kappa shape index (κ1) is 17.7. The lowest BCUT2D eigenvalue weighted by Gasteiger charge is -2.24. The average Bonchev–Trinajstić information content (AvgIpc) is 2.81. The lowest BCUT2D eigenvalue weighted by Crippen LogP contribution is -2.44. The van der Waals surface area contributed by atoms with E-state index in [2.05, 4.69) is 5.32 Å². The molecule has 0 saturated carbocycles.